The summed E-state index contributed by atoms with van der Waals surface area (Å²) in [6, 6.07) is 12.6. The molecule has 0 aliphatic carbocycles. The first-order chi connectivity index (χ1) is 11.1. The van der Waals surface area contributed by atoms with Gasteiger partial charge in [0, 0.05) is 29.7 Å². The molecule has 0 spiro atoms. The summed E-state index contributed by atoms with van der Waals surface area (Å²) < 4.78 is 14.4. The number of aryl methyl sites for hydroxylation is 1. The number of amides is 1. The molecule has 23 heavy (non-hydrogen) atoms. The van der Waals surface area contributed by atoms with Crippen LogP contribution < -0.4 is 10.6 Å². The minimum Gasteiger partial charge on any atom is -0.384 e. The van der Waals surface area contributed by atoms with Crippen molar-refractivity contribution in [1.29, 1.82) is 0 Å². The minimum absolute atomic E-state index is 0.0444. The van der Waals surface area contributed by atoms with Crippen LogP contribution in [0.25, 0.3) is 0 Å². The third-order valence-electron chi connectivity index (χ3n) is 3.47. The number of rotatable bonds is 7. The highest BCUT2D eigenvalue weighted by Gasteiger charge is 2.04. The second-order valence-corrected chi connectivity index (χ2v) is 6.21. The molecule has 3 nitrogen and oxygen atoms in total. The van der Waals surface area contributed by atoms with Gasteiger partial charge in [-0.1, -0.05) is 24.3 Å². The zero-order valence-electron chi connectivity index (χ0n) is 13.0. The summed E-state index contributed by atoms with van der Waals surface area (Å²) in [4.78, 5) is 11.8. The second kappa shape index (κ2) is 8.67. The van der Waals surface area contributed by atoms with E-state index in [2.05, 4.69) is 26.6 Å². The van der Waals surface area contributed by atoms with E-state index in [1.165, 1.54) is 11.6 Å². The summed E-state index contributed by atoms with van der Waals surface area (Å²) >= 11 is 3.49. The van der Waals surface area contributed by atoms with E-state index in [1.807, 2.05) is 25.1 Å². The van der Waals surface area contributed by atoms with Gasteiger partial charge in [0.25, 0.3) is 0 Å². The molecule has 0 unspecified atom stereocenters. The Labute approximate surface area is 144 Å². The normalized spacial score (nSPS) is 10.4. The molecule has 2 rings (SSSR count). The van der Waals surface area contributed by atoms with Crippen LogP contribution in [-0.4, -0.2) is 19.0 Å². The molecule has 5 heteroatoms. The maximum absolute atomic E-state index is 13.4. The molecule has 2 N–H and O–H groups in total. The summed E-state index contributed by atoms with van der Waals surface area (Å²) in [7, 11) is 0. The SMILES string of the molecule is Cc1ccc(NCCC(=O)NCCc2ccccc2F)c(Br)c1. The standard InChI is InChI=1S/C18H20BrFN2O/c1-13-6-7-17(15(19)12-13)21-11-9-18(23)22-10-8-14-4-2-3-5-16(14)20/h2-7,12,21H,8-11H2,1H3,(H,22,23). The molecule has 0 aliphatic heterocycles. The Balaban J connectivity index is 1.68. The maximum atomic E-state index is 13.4. The topological polar surface area (TPSA) is 41.1 Å². The van der Waals surface area contributed by atoms with Crippen molar-refractivity contribution in [2.75, 3.05) is 18.4 Å². The van der Waals surface area contributed by atoms with Gasteiger partial charge in [0.15, 0.2) is 0 Å². The van der Waals surface area contributed by atoms with Crippen molar-refractivity contribution in [3.8, 4) is 0 Å². The van der Waals surface area contributed by atoms with E-state index in [4.69, 9.17) is 0 Å². The van der Waals surface area contributed by atoms with E-state index in [-0.39, 0.29) is 11.7 Å². The molecular formula is C18H20BrFN2O. The van der Waals surface area contributed by atoms with Crippen LogP contribution in [0.5, 0.6) is 0 Å². The molecule has 0 fully saturated rings. The maximum Gasteiger partial charge on any atom is 0.221 e. The van der Waals surface area contributed by atoms with Crippen molar-refractivity contribution >= 4 is 27.5 Å². The number of carbonyl (C=O) groups is 1. The Bertz CT molecular complexity index is 676. The van der Waals surface area contributed by atoms with E-state index in [0.29, 0.717) is 31.5 Å². The van der Waals surface area contributed by atoms with E-state index < -0.39 is 0 Å². The van der Waals surface area contributed by atoms with Gasteiger partial charge in [0.2, 0.25) is 5.91 Å². The van der Waals surface area contributed by atoms with Gasteiger partial charge in [-0.05, 0) is 58.6 Å². The molecule has 2 aromatic carbocycles. The Kier molecular flexibility index (Phi) is 6.59. The summed E-state index contributed by atoms with van der Waals surface area (Å²) in [6.45, 7) is 3.01. The predicted octanol–water partition coefficient (Wildman–Crippen LogP) is 4.06. The third kappa shape index (κ3) is 5.67. The number of hydrogen-bond acceptors (Lipinski definition) is 2. The fourth-order valence-corrected chi connectivity index (χ4v) is 2.83. The predicted molar refractivity (Wildman–Crippen MR) is 95.1 cm³/mol. The van der Waals surface area contributed by atoms with Crippen LogP contribution in [-0.2, 0) is 11.2 Å². The summed E-state index contributed by atoms with van der Waals surface area (Å²) in [5.41, 5.74) is 2.76. The quantitative estimate of drug-likeness (QED) is 0.762. The number of carbonyl (C=O) groups excluding carboxylic acids is 1. The van der Waals surface area contributed by atoms with Gasteiger partial charge < -0.3 is 10.6 Å². The second-order valence-electron chi connectivity index (χ2n) is 5.35. The lowest BCUT2D eigenvalue weighted by molar-refractivity contribution is -0.120. The van der Waals surface area contributed by atoms with Crippen LogP contribution in [0.2, 0.25) is 0 Å². The fourth-order valence-electron chi connectivity index (χ4n) is 2.20. The van der Waals surface area contributed by atoms with Gasteiger partial charge in [-0.3, -0.25) is 4.79 Å². The molecule has 0 saturated carbocycles. The number of anilines is 1. The van der Waals surface area contributed by atoms with Crippen molar-refractivity contribution in [2.24, 2.45) is 0 Å². The molecule has 2 aromatic rings. The number of nitrogens with one attached hydrogen (secondary N) is 2. The molecule has 122 valence electrons. The highest BCUT2D eigenvalue weighted by atomic mass is 79.9. The Morgan fingerprint density at radius 2 is 1.96 bits per heavy atom. The fraction of sp³-hybridized carbons (Fsp3) is 0.278. The van der Waals surface area contributed by atoms with Gasteiger partial charge >= 0.3 is 0 Å². The van der Waals surface area contributed by atoms with Crippen molar-refractivity contribution in [2.45, 2.75) is 19.8 Å². The largest absolute Gasteiger partial charge is 0.384 e. The summed E-state index contributed by atoms with van der Waals surface area (Å²) in [5.74, 6) is -0.273. The van der Waals surface area contributed by atoms with Crippen LogP contribution in [0, 0.1) is 12.7 Å². The van der Waals surface area contributed by atoms with Gasteiger partial charge in [-0.2, -0.15) is 0 Å². The Hall–Kier alpha value is -1.88. The number of hydrogen-bond donors (Lipinski definition) is 2. The molecule has 0 atom stereocenters. The summed E-state index contributed by atoms with van der Waals surface area (Å²) in [5, 5.41) is 6.03. The van der Waals surface area contributed by atoms with Crippen molar-refractivity contribution in [1.82, 2.24) is 5.32 Å². The van der Waals surface area contributed by atoms with E-state index in [1.54, 1.807) is 18.2 Å². The zero-order valence-corrected chi connectivity index (χ0v) is 14.6. The van der Waals surface area contributed by atoms with E-state index in [9.17, 15) is 9.18 Å². The first-order valence-electron chi connectivity index (χ1n) is 7.56. The lowest BCUT2D eigenvalue weighted by Crippen LogP contribution is -2.27. The molecule has 0 saturated heterocycles. The molecular weight excluding hydrogens is 359 g/mol. The highest BCUT2D eigenvalue weighted by Crippen LogP contribution is 2.23. The highest BCUT2D eigenvalue weighted by molar-refractivity contribution is 9.10. The first kappa shape index (κ1) is 17.5. The smallest absolute Gasteiger partial charge is 0.221 e. The van der Waals surface area contributed by atoms with Crippen molar-refractivity contribution in [3.05, 3.63) is 63.9 Å². The van der Waals surface area contributed by atoms with Gasteiger partial charge in [-0.25, -0.2) is 4.39 Å². The molecule has 1 amide bonds. The average molecular weight is 379 g/mol. The Morgan fingerprint density at radius 3 is 2.70 bits per heavy atom. The van der Waals surface area contributed by atoms with Crippen molar-refractivity contribution < 1.29 is 9.18 Å². The molecule has 0 radical (unpaired) electrons. The van der Waals surface area contributed by atoms with Crippen LogP contribution in [0.4, 0.5) is 10.1 Å². The van der Waals surface area contributed by atoms with Crippen LogP contribution in [0.15, 0.2) is 46.9 Å². The van der Waals surface area contributed by atoms with E-state index in [0.717, 1.165) is 10.2 Å². The molecule has 0 heterocycles. The third-order valence-corrected chi connectivity index (χ3v) is 4.12. The number of benzene rings is 2. The Morgan fingerprint density at radius 1 is 1.17 bits per heavy atom. The molecule has 0 bridgehead atoms. The van der Waals surface area contributed by atoms with E-state index >= 15 is 0 Å². The first-order valence-corrected chi connectivity index (χ1v) is 8.35. The lowest BCUT2D eigenvalue weighted by Gasteiger charge is -2.10. The molecule has 0 aliphatic rings. The van der Waals surface area contributed by atoms with Crippen LogP contribution in [0.3, 0.4) is 0 Å². The van der Waals surface area contributed by atoms with Crippen LogP contribution >= 0.6 is 15.9 Å². The zero-order chi connectivity index (χ0) is 16.7. The van der Waals surface area contributed by atoms with Gasteiger partial charge in [0.1, 0.15) is 5.82 Å². The number of halogens is 2. The van der Waals surface area contributed by atoms with Crippen LogP contribution in [0.1, 0.15) is 17.5 Å². The monoisotopic (exact) mass is 378 g/mol. The minimum atomic E-state index is -0.229. The molecule has 0 aromatic heterocycles. The van der Waals surface area contributed by atoms with Gasteiger partial charge in [0.05, 0.1) is 0 Å². The average Bonchev–Trinajstić information content (AvgIpc) is 2.51. The van der Waals surface area contributed by atoms with Gasteiger partial charge in [-0.15, -0.1) is 0 Å². The summed E-state index contributed by atoms with van der Waals surface area (Å²) in [6.07, 6.45) is 0.868. The lowest BCUT2D eigenvalue weighted by atomic mass is 10.1. The van der Waals surface area contributed by atoms with Crippen molar-refractivity contribution in [3.63, 3.8) is 0 Å².